The Bertz CT molecular complexity index is 419. The number of halogens is 1. The van der Waals surface area contributed by atoms with Crippen LogP contribution in [0.4, 0.5) is 0 Å². The van der Waals surface area contributed by atoms with Gasteiger partial charge in [-0.1, -0.05) is 24.1 Å². The third-order valence-corrected chi connectivity index (χ3v) is 2.84. The molecule has 0 aliphatic carbocycles. The van der Waals surface area contributed by atoms with Gasteiger partial charge >= 0.3 is 0 Å². The standard InChI is InChI=1S/C15H20N2O.ClH/c1-3-17(4-2)13-9-8-12-16-15(18)14-10-6-5-7-11-14;/h5-7,10-11H,3-4,12-13H2,1-2H3,(H,16,18);1H. The highest BCUT2D eigenvalue weighted by Gasteiger charge is 2.01. The number of quaternary nitrogens is 1. The Labute approximate surface area is 121 Å². The summed E-state index contributed by atoms with van der Waals surface area (Å²) < 4.78 is 0. The topological polar surface area (TPSA) is 33.5 Å². The minimum atomic E-state index is -0.0694. The number of nitrogens with one attached hydrogen (secondary N) is 2. The van der Waals surface area contributed by atoms with Gasteiger partial charge in [0.05, 0.1) is 19.6 Å². The molecule has 104 valence electrons. The van der Waals surface area contributed by atoms with Gasteiger partial charge in [0, 0.05) is 5.56 Å². The van der Waals surface area contributed by atoms with Gasteiger partial charge in [-0.3, -0.25) is 4.79 Å². The van der Waals surface area contributed by atoms with Crippen LogP contribution in [0, 0.1) is 11.8 Å². The summed E-state index contributed by atoms with van der Waals surface area (Å²) in [6.07, 6.45) is 0. The maximum absolute atomic E-state index is 11.7. The zero-order valence-electron chi connectivity index (χ0n) is 11.5. The van der Waals surface area contributed by atoms with Crippen molar-refractivity contribution in [1.29, 1.82) is 0 Å². The summed E-state index contributed by atoms with van der Waals surface area (Å²) in [6, 6.07) is 9.18. The van der Waals surface area contributed by atoms with E-state index in [1.165, 1.54) is 4.90 Å². The Morgan fingerprint density at radius 3 is 2.37 bits per heavy atom. The fourth-order valence-electron chi connectivity index (χ4n) is 1.57. The first kappa shape index (κ1) is 17.5. The van der Waals surface area contributed by atoms with Gasteiger partial charge in [0.25, 0.3) is 5.91 Å². The van der Waals surface area contributed by atoms with Crippen LogP contribution in [0.3, 0.4) is 0 Å². The second-order valence-electron chi connectivity index (χ2n) is 4.04. The zero-order valence-corrected chi connectivity index (χ0v) is 12.3. The Balaban J connectivity index is 0.00000324. The van der Waals surface area contributed by atoms with Gasteiger partial charge in [-0.05, 0) is 31.9 Å². The number of amides is 1. The molecule has 2 N–H and O–H groups in total. The smallest absolute Gasteiger partial charge is 0.252 e. The quantitative estimate of drug-likeness (QED) is 0.568. The Morgan fingerprint density at radius 1 is 1.16 bits per heavy atom. The molecular formula is C15H21ClN2O. The van der Waals surface area contributed by atoms with Crippen molar-refractivity contribution in [1.82, 2.24) is 5.32 Å². The average Bonchev–Trinajstić information content (AvgIpc) is 2.43. The first-order chi connectivity index (χ1) is 8.77. The van der Waals surface area contributed by atoms with Crippen molar-refractivity contribution >= 4 is 5.91 Å². The third kappa shape index (κ3) is 6.85. The predicted molar refractivity (Wildman–Crippen MR) is 73.5 cm³/mol. The lowest BCUT2D eigenvalue weighted by Crippen LogP contribution is -3.11. The highest BCUT2D eigenvalue weighted by atomic mass is 35.5. The summed E-state index contributed by atoms with van der Waals surface area (Å²) in [5.41, 5.74) is 0.675. The molecule has 1 amide bonds. The van der Waals surface area contributed by atoms with Crippen molar-refractivity contribution in [2.45, 2.75) is 13.8 Å². The highest BCUT2D eigenvalue weighted by molar-refractivity contribution is 5.94. The molecule has 1 rings (SSSR count). The van der Waals surface area contributed by atoms with Crippen LogP contribution in [0.5, 0.6) is 0 Å². The van der Waals surface area contributed by atoms with Gasteiger partial charge in [0.1, 0.15) is 6.54 Å². The van der Waals surface area contributed by atoms with E-state index in [1.54, 1.807) is 12.1 Å². The minimum Gasteiger partial charge on any atom is -1.00 e. The Hall–Kier alpha value is -1.50. The van der Waals surface area contributed by atoms with Gasteiger partial charge in [-0.15, -0.1) is 0 Å². The molecule has 0 saturated carbocycles. The van der Waals surface area contributed by atoms with E-state index in [1.807, 2.05) is 18.2 Å². The summed E-state index contributed by atoms with van der Waals surface area (Å²) in [5, 5.41) is 2.79. The summed E-state index contributed by atoms with van der Waals surface area (Å²) in [5.74, 6) is 6.01. The van der Waals surface area contributed by atoms with Crippen LogP contribution in [0.15, 0.2) is 30.3 Å². The molecule has 0 aliphatic rings. The molecule has 0 saturated heterocycles. The second-order valence-corrected chi connectivity index (χ2v) is 4.04. The molecular weight excluding hydrogens is 260 g/mol. The van der Waals surface area contributed by atoms with E-state index in [4.69, 9.17) is 0 Å². The van der Waals surface area contributed by atoms with Crippen molar-refractivity contribution in [3.05, 3.63) is 35.9 Å². The summed E-state index contributed by atoms with van der Waals surface area (Å²) >= 11 is 0. The van der Waals surface area contributed by atoms with Gasteiger partial charge in [-0.25, -0.2) is 0 Å². The molecule has 1 aromatic carbocycles. The molecule has 0 aromatic heterocycles. The average molecular weight is 281 g/mol. The molecule has 0 atom stereocenters. The lowest BCUT2D eigenvalue weighted by Gasteiger charge is -2.10. The molecule has 0 aliphatic heterocycles. The molecule has 3 nitrogen and oxygen atoms in total. The maximum Gasteiger partial charge on any atom is 0.252 e. The number of carbonyl (C=O) groups excluding carboxylic acids is 1. The van der Waals surface area contributed by atoms with E-state index >= 15 is 0 Å². The number of rotatable bonds is 5. The normalized spacial score (nSPS) is 9.21. The molecule has 0 radical (unpaired) electrons. The Kier molecular flexibility index (Phi) is 9.60. The third-order valence-electron chi connectivity index (χ3n) is 2.84. The second kappa shape index (κ2) is 10.4. The largest absolute Gasteiger partial charge is 1.00 e. The molecule has 0 heterocycles. The van der Waals surface area contributed by atoms with E-state index in [0.29, 0.717) is 12.1 Å². The number of benzene rings is 1. The monoisotopic (exact) mass is 280 g/mol. The number of hydrogen-bond acceptors (Lipinski definition) is 1. The molecule has 0 spiro atoms. The van der Waals surface area contributed by atoms with Crippen molar-refractivity contribution in [3.63, 3.8) is 0 Å². The maximum atomic E-state index is 11.7. The minimum absolute atomic E-state index is 0. The van der Waals surface area contributed by atoms with E-state index in [9.17, 15) is 4.79 Å². The number of hydrogen-bond donors (Lipinski definition) is 2. The van der Waals surface area contributed by atoms with E-state index in [0.717, 1.165) is 19.6 Å². The lowest BCUT2D eigenvalue weighted by atomic mass is 10.2. The molecule has 0 bridgehead atoms. The summed E-state index contributed by atoms with van der Waals surface area (Å²) in [7, 11) is 0. The van der Waals surface area contributed by atoms with E-state index in [-0.39, 0.29) is 18.3 Å². The first-order valence-electron chi connectivity index (χ1n) is 6.40. The zero-order chi connectivity index (χ0) is 13.2. The van der Waals surface area contributed by atoms with E-state index < -0.39 is 0 Å². The molecule has 4 heteroatoms. The van der Waals surface area contributed by atoms with Gasteiger partial charge in [-0.2, -0.15) is 0 Å². The molecule has 0 fully saturated rings. The predicted octanol–water partition coefficient (Wildman–Crippen LogP) is -2.65. The summed E-state index contributed by atoms with van der Waals surface area (Å²) in [6.45, 7) is 7.72. The lowest BCUT2D eigenvalue weighted by molar-refractivity contribution is -0.889. The summed E-state index contributed by atoms with van der Waals surface area (Å²) in [4.78, 5) is 13.1. The van der Waals surface area contributed by atoms with Crippen molar-refractivity contribution in [3.8, 4) is 11.8 Å². The molecule has 0 unspecified atom stereocenters. The van der Waals surface area contributed by atoms with Gasteiger partial charge in [0.15, 0.2) is 0 Å². The van der Waals surface area contributed by atoms with Crippen LogP contribution in [0.25, 0.3) is 0 Å². The fraction of sp³-hybridized carbons (Fsp3) is 0.400. The van der Waals surface area contributed by atoms with Crippen LogP contribution >= 0.6 is 0 Å². The van der Waals surface area contributed by atoms with Gasteiger partial charge < -0.3 is 22.6 Å². The van der Waals surface area contributed by atoms with Crippen molar-refractivity contribution in [2.24, 2.45) is 0 Å². The van der Waals surface area contributed by atoms with Crippen LogP contribution in [-0.2, 0) is 0 Å². The molecule has 19 heavy (non-hydrogen) atoms. The molecule has 1 aromatic rings. The van der Waals surface area contributed by atoms with E-state index in [2.05, 4.69) is 31.0 Å². The van der Waals surface area contributed by atoms with Crippen LogP contribution < -0.4 is 22.6 Å². The fourth-order valence-corrected chi connectivity index (χ4v) is 1.57. The number of carbonyl (C=O) groups is 1. The SMILES string of the molecule is CC[NH+](CC)CC#CCNC(=O)c1ccccc1.[Cl-]. The van der Waals surface area contributed by atoms with Gasteiger partial charge in [0.2, 0.25) is 0 Å². The van der Waals surface area contributed by atoms with Crippen LogP contribution in [0.2, 0.25) is 0 Å². The highest BCUT2D eigenvalue weighted by Crippen LogP contribution is 1.96. The first-order valence-corrected chi connectivity index (χ1v) is 6.40. The Morgan fingerprint density at radius 2 is 1.79 bits per heavy atom. The van der Waals surface area contributed by atoms with Crippen molar-refractivity contribution in [2.75, 3.05) is 26.2 Å². The van der Waals surface area contributed by atoms with Crippen molar-refractivity contribution < 1.29 is 22.1 Å². The van der Waals surface area contributed by atoms with Crippen LogP contribution in [0.1, 0.15) is 24.2 Å². The van der Waals surface area contributed by atoms with Crippen LogP contribution in [-0.4, -0.2) is 32.1 Å².